The molecular formula is C16H22N2O3. The molecule has 1 fully saturated rings. The third-order valence-electron chi connectivity index (χ3n) is 3.98. The summed E-state index contributed by atoms with van der Waals surface area (Å²) < 4.78 is 11.7. The number of hydrogen-bond donors (Lipinski definition) is 1. The van der Waals surface area contributed by atoms with Crippen LogP contribution in [0.3, 0.4) is 0 Å². The van der Waals surface area contributed by atoms with Gasteiger partial charge in [-0.25, -0.2) is 0 Å². The summed E-state index contributed by atoms with van der Waals surface area (Å²) in [5.41, 5.74) is 6.44. The van der Waals surface area contributed by atoms with Crippen LogP contribution in [-0.4, -0.2) is 48.3 Å². The predicted octanol–water partition coefficient (Wildman–Crippen LogP) is 0.955. The van der Waals surface area contributed by atoms with Gasteiger partial charge < -0.3 is 20.1 Å². The SMILES string of the molecule is CC1(C)CN(C(=O)C2Cc3ccccc3O2)CC(CN)O1. The first-order valence-corrected chi connectivity index (χ1v) is 7.40. The van der Waals surface area contributed by atoms with Gasteiger partial charge >= 0.3 is 0 Å². The fourth-order valence-corrected chi connectivity index (χ4v) is 3.11. The zero-order valence-corrected chi connectivity index (χ0v) is 12.5. The van der Waals surface area contributed by atoms with Gasteiger partial charge in [0.25, 0.3) is 5.91 Å². The maximum atomic E-state index is 12.7. The molecule has 2 N–H and O–H groups in total. The third kappa shape index (κ3) is 2.89. The summed E-state index contributed by atoms with van der Waals surface area (Å²) in [7, 11) is 0. The molecule has 0 aromatic heterocycles. The molecule has 2 aliphatic heterocycles. The molecule has 0 spiro atoms. The molecule has 0 saturated carbocycles. The summed E-state index contributed by atoms with van der Waals surface area (Å²) in [6.45, 7) is 5.49. The molecule has 21 heavy (non-hydrogen) atoms. The lowest BCUT2D eigenvalue weighted by Crippen LogP contribution is -2.58. The molecule has 0 aliphatic carbocycles. The van der Waals surface area contributed by atoms with Gasteiger partial charge in [0.15, 0.2) is 6.10 Å². The average molecular weight is 290 g/mol. The summed E-state index contributed by atoms with van der Waals surface area (Å²) in [5, 5.41) is 0. The Labute approximate surface area is 125 Å². The number of nitrogens with two attached hydrogens (primary N) is 1. The summed E-state index contributed by atoms with van der Waals surface area (Å²) >= 11 is 0. The molecule has 1 aromatic carbocycles. The van der Waals surface area contributed by atoms with E-state index in [9.17, 15) is 4.79 Å². The Morgan fingerprint density at radius 1 is 1.43 bits per heavy atom. The predicted molar refractivity (Wildman–Crippen MR) is 79.1 cm³/mol. The third-order valence-corrected chi connectivity index (χ3v) is 3.98. The van der Waals surface area contributed by atoms with Crippen molar-refractivity contribution in [2.45, 2.75) is 38.1 Å². The van der Waals surface area contributed by atoms with Crippen molar-refractivity contribution >= 4 is 5.91 Å². The number of para-hydroxylation sites is 1. The lowest BCUT2D eigenvalue weighted by Gasteiger charge is -2.43. The van der Waals surface area contributed by atoms with Gasteiger partial charge in [0, 0.05) is 26.1 Å². The Morgan fingerprint density at radius 2 is 2.19 bits per heavy atom. The van der Waals surface area contributed by atoms with Crippen LogP contribution in [0.25, 0.3) is 0 Å². The number of nitrogens with zero attached hydrogens (tertiary/aromatic N) is 1. The molecule has 3 rings (SSSR count). The number of benzene rings is 1. The standard InChI is InChI=1S/C16H22N2O3/c1-16(2)10-18(9-12(8-17)21-16)15(19)14-7-11-5-3-4-6-13(11)20-14/h3-6,12,14H,7-10,17H2,1-2H3. The van der Waals surface area contributed by atoms with Crippen LogP contribution in [0.2, 0.25) is 0 Å². The minimum absolute atomic E-state index is 0.0287. The Balaban J connectivity index is 1.71. The van der Waals surface area contributed by atoms with Crippen LogP contribution in [0.1, 0.15) is 19.4 Å². The molecule has 1 saturated heterocycles. The number of rotatable bonds is 2. The molecule has 0 bridgehead atoms. The summed E-state index contributed by atoms with van der Waals surface area (Å²) in [5.74, 6) is 0.847. The lowest BCUT2D eigenvalue weighted by molar-refractivity contribution is -0.164. The summed E-state index contributed by atoms with van der Waals surface area (Å²) in [6.07, 6.45) is 0.108. The molecule has 114 valence electrons. The lowest BCUT2D eigenvalue weighted by atomic mass is 10.0. The summed E-state index contributed by atoms with van der Waals surface area (Å²) in [6, 6.07) is 7.81. The van der Waals surface area contributed by atoms with Crippen LogP contribution in [0, 0.1) is 0 Å². The van der Waals surface area contributed by atoms with Crippen molar-refractivity contribution in [3.63, 3.8) is 0 Å². The number of carbonyl (C=O) groups excluding carboxylic acids is 1. The quantitative estimate of drug-likeness (QED) is 0.881. The van der Waals surface area contributed by atoms with Gasteiger partial charge in [-0.05, 0) is 25.5 Å². The average Bonchev–Trinajstić information content (AvgIpc) is 2.88. The zero-order valence-electron chi connectivity index (χ0n) is 12.5. The number of fused-ring (bicyclic) bond motifs is 1. The molecule has 5 heteroatoms. The van der Waals surface area contributed by atoms with E-state index in [1.54, 1.807) is 0 Å². The Kier molecular flexibility index (Phi) is 3.63. The molecule has 2 unspecified atom stereocenters. The fraction of sp³-hybridized carbons (Fsp3) is 0.562. The van der Waals surface area contributed by atoms with Gasteiger partial charge in [-0.15, -0.1) is 0 Å². The molecule has 0 radical (unpaired) electrons. The first kappa shape index (κ1) is 14.4. The monoisotopic (exact) mass is 290 g/mol. The molecule has 5 nitrogen and oxygen atoms in total. The van der Waals surface area contributed by atoms with Gasteiger partial charge in [0.05, 0.1) is 11.7 Å². The first-order valence-electron chi connectivity index (χ1n) is 7.40. The highest BCUT2D eigenvalue weighted by Crippen LogP contribution is 2.30. The van der Waals surface area contributed by atoms with Gasteiger partial charge in [0.1, 0.15) is 5.75 Å². The van der Waals surface area contributed by atoms with E-state index in [1.165, 1.54) is 0 Å². The molecule has 1 aromatic rings. The molecule has 2 heterocycles. The van der Waals surface area contributed by atoms with Gasteiger partial charge in [-0.2, -0.15) is 0 Å². The van der Waals surface area contributed by atoms with Crippen LogP contribution in [0.5, 0.6) is 5.75 Å². The Hall–Kier alpha value is -1.59. The summed E-state index contributed by atoms with van der Waals surface area (Å²) in [4.78, 5) is 14.6. The number of morpholine rings is 1. The minimum atomic E-state index is -0.422. The largest absolute Gasteiger partial charge is 0.480 e. The second kappa shape index (κ2) is 5.31. The maximum absolute atomic E-state index is 12.7. The van der Waals surface area contributed by atoms with E-state index >= 15 is 0 Å². The normalized spacial score (nSPS) is 27.1. The highest BCUT2D eigenvalue weighted by Gasteiger charge is 2.39. The van der Waals surface area contributed by atoms with E-state index in [1.807, 2.05) is 43.0 Å². The first-order chi connectivity index (χ1) is 9.98. The number of carbonyl (C=O) groups is 1. The molecule has 2 aliphatic rings. The van der Waals surface area contributed by atoms with E-state index in [4.69, 9.17) is 15.2 Å². The van der Waals surface area contributed by atoms with Crippen LogP contribution in [-0.2, 0) is 16.0 Å². The van der Waals surface area contributed by atoms with E-state index in [0.29, 0.717) is 26.1 Å². The van der Waals surface area contributed by atoms with E-state index in [2.05, 4.69) is 0 Å². The number of ether oxygens (including phenoxy) is 2. The molecular weight excluding hydrogens is 268 g/mol. The van der Waals surface area contributed by atoms with E-state index in [-0.39, 0.29) is 17.6 Å². The van der Waals surface area contributed by atoms with Gasteiger partial charge in [0.2, 0.25) is 0 Å². The number of amides is 1. The fourth-order valence-electron chi connectivity index (χ4n) is 3.11. The van der Waals surface area contributed by atoms with Gasteiger partial charge in [-0.3, -0.25) is 4.79 Å². The van der Waals surface area contributed by atoms with Crippen molar-refractivity contribution in [1.29, 1.82) is 0 Å². The van der Waals surface area contributed by atoms with Crippen LogP contribution < -0.4 is 10.5 Å². The van der Waals surface area contributed by atoms with E-state index in [0.717, 1.165) is 11.3 Å². The second-order valence-corrected chi connectivity index (χ2v) is 6.37. The molecule has 2 atom stereocenters. The number of hydrogen-bond acceptors (Lipinski definition) is 4. The van der Waals surface area contributed by atoms with Crippen LogP contribution in [0.4, 0.5) is 0 Å². The topological polar surface area (TPSA) is 64.8 Å². The van der Waals surface area contributed by atoms with Crippen LogP contribution >= 0.6 is 0 Å². The van der Waals surface area contributed by atoms with Crippen molar-refractivity contribution in [3.05, 3.63) is 29.8 Å². The second-order valence-electron chi connectivity index (χ2n) is 6.37. The van der Waals surface area contributed by atoms with Crippen LogP contribution in [0.15, 0.2) is 24.3 Å². The highest BCUT2D eigenvalue weighted by molar-refractivity contribution is 5.83. The highest BCUT2D eigenvalue weighted by atomic mass is 16.5. The van der Waals surface area contributed by atoms with Crippen molar-refractivity contribution in [3.8, 4) is 5.75 Å². The molecule has 1 amide bonds. The van der Waals surface area contributed by atoms with E-state index < -0.39 is 6.10 Å². The minimum Gasteiger partial charge on any atom is -0.480 e. The van der Waals surface area contributed by atoms with Crippen molar-refractivity contribution in [2.75, 3.05) is 19.6 Å². The van der Waals surface area contributed by atoms with Crippen molar-refractivity contribution in [1.82, 2.24) is 4.90 Å². The van der Waals surface area contributed by atoms with Gasteiger partial charge in [-0.1, -0.05) is 18.2 Å². The maximum Gasteiger partial charge on any atom is 0.264 e. The van der Waals surface area contributed by atoms with Crippen molar-refractivity contribution in [2.24, 2.45) is 5.73 Å². The zero-order chi connectivity index (χ0) is 15.0. The van der Waals surface area contributed by atoms with Crippen molar-refractivity contribution < 1.29 is 14.3 Å². The smallest absolute Gasteiger partial charge is 0.264 e. The Bertz CT molecular complexity index is 519. The Morgan fingerprint density at radius 3 is 2.90 bits per heavy atom.